The minimum Gasteiger partial charge on any atom is -0.309 e. The number of benzene rings is 1. The van der Waals surface area contributed by atoms with Gasteiger partial charge >= 0.3 is 0 Å². The topological polar surface area (TPSA) is 54.0 Å². The van der Waals surface area contributed by atoms with Crippen molar-refractivity contribution in [3.63, 3.8) is 0 Å². The summed E-state index contributed by atoms with van der Waals surface area (Å²) in [7, 11) is 0. The van der Waals surface area contributed by atoms with Crippen LogP contribution in [0.1, 0.15) is 35.9 Å². The van der Waals surface area contributed by atoms with Gasteiger partial charge in [-0.05, 0) is 25.6 Å². The van der Waals surface area contributed by atoms with E-state index in [4.69, 9.17) is 0 Å². The minimum atomic E-state index is -0.539. The first kappa shape index (κ1) is 14.6. The fraction of sp³-hybridized carbons (Fsp3) is 0.286. The summed E-state index contributed by atoms with van der Waals surface area (Å²) in [5, 5.41) is 8.21. The van der Waals surface area contributed by atoms with Gasteiger partial charge in [0, 0.05) is 11.4 Å². The number of nitrogens with zero attached hydrogens (tertiary/aromatic N) is 1. The van der Waals surface area contributed by atoms with Gasteiger partial charge in [-0.1, -0.05) is 19.1 Å². The van der Waals surface area contributed by atoms with Gasteiger partial charge in [-0.3, -0.25) is 10.1 Å². The molecule has 1 aromatic carbocycles. The summed E-state index contributed by atoms with van der Waals surface area (Å²) in [6.45, 7) is 4.86. The van der Waals surface area contributed by atoms with E-state index >= 15 is 0 Å². The third-order valence-electron chi connectivity index (χ3n) is 2.81. The lowest BCUT2D eigenvalue weighted by Gasteiger charge is -2.08. The van der Waals surface area contributed by atoms with Gasteiger partial charge in [-0.15, -0.1) is 11.3 Å². The molecule has 1 amide bonds. The van der Waals surface area contributed by atoms with Crippen LogP contribution in [0, 0.1) is 5.82 Å². The fourth-order valence-electron chi connectivity index (χ4n) is 1.76. The van der Waals surface area contributed by atoms with Crippen LogP contribution in [-0.4, -0.2) is 17.4 Å². The Morgan fingerprint density at radius 2 is 2.20 bits per heavy atom. The molecule has 0 aliphatic rings. The molecule has 0 aliphatic heterocycles. The highest BCUT2D eigenvalue weighted by molar-refractivity contribution is 7.14. The molecule has 0 saturated heterocycles. The molecule has 0 aliphatic carbocycles. The van der Waals surface area contributed by atoms with Crippen LogP contribution < -0.4 is 10.6 Å². The highest BCUT2D eigenvalue weighted by Gasteiger charge is 2.14. The van der Waals surface area contributed by atoms with E-state index in [-0.39, 0.29) is 11.6 Å². The summed E-state index contributed by atoms with van der Waals surface area (Å²) in [5.41, 5.74) is 0.879. The molecule has 0 bridgehead atoms. The van der Waals surface area contributed by atoms with Crippen molar-refractivity contribution in [2.24, 2.45) is 0 Å². The molecule has 0 spiro atoms. The van der Waals surface area contributed by atoms with E-state index in [0.717, 1.165) is 12.2 Å². The summed E-state index contributed by atoms with van der Waals surface area (Å²) >= 11 is 1.33. The van der Waals surface area contributed by atoms with E-state index in [9.17, 15) is 9.18 Å². The van der Waals surface area contributed by atoms with E-state index in [1.165, 1.54) is 23.5 Å². The van der Waals surface area contributed by atoms with Crippen LogP contribution in [0.3, 0.4) is 0 Å². The van der Waals surface area contributed by atoms with Gasteiger partial charge in [-0.2, -0.15) is 0 Å². The second kappa shape index (κ2) is 6.58. The molecule has 0 fully saturated rings. The molecule has 0 radical (unpaired) electrons. The van der Waals surface area contributed by atoms with E-state index < -0.39 is 11.7 Å². The van der Waals surface area contributed by atoms with Gasteiger partial charge < -0.3 is 5.32 Å². The predicted octanol–water partition coefficient (Wildman–Crippen LogP) is 3.21. The minimum absolute atomic E-state index is 0.0176. The van der Waals surface area contributed by atoms with Crippen molar-refractivity contribution in [3.05, 3.63) is 46.7 Å². The number of amides is 1. The number of carbonyl (C=O) groups is 1. The molecule has 106 valence electrons. The number of hydrogen-bond donors (Lipinski definition) is 2. The van der Waals surface area contributed by atoms with E-state index in [1.807, 2.05) is 19.2 Å². The van der Waals surface area contributed by atoms with Crippen LogP contribution in [0.4, 0.5) is 9.52 Å². The predicted molar refractivity (Wildman–Crippen MR) is 78.6 cm³/mol. The van der Waals surface area contributed by atoms with Crippen LogP contribution in [0.25, 0.3) is 0 Å². The van der Waals surface area contributed by atoms with Crippen molar-refractivity contribution in [3.8, 4) is 0 Å². The zero-order valence-electron chi connectivity index (χ0n) is 11.3. The number of nitrogens with one attached hydrogen (secondary N) is 2. The van der Waals surface area contributed by atoms with Gasteiger partial charge in [0.05, 0.1) is 11.3 Å². The summed E-state index contributed by atoms with van der Waals surface area (Å²) in [5.74, 6) is -1.03. The van der Waals surface area contributed by atoms with Crippen LogP contribution in [0.2, 0.25) is 0 Å². The first-order valence-corrected chi connectivity index (χ1v) is 7.24. The van der Waals surface area contributed by atoms with Crippen molar-refractivity contribution in [2.45, 2.75) is 19.9 Å². The Morgan fingerprint density at radius 1 is 1.45 bits per heavy atom. The first-order valence-electron chi connectivity index (χ1n) is 6.36. The zero-order valence-corrected chi connectivity index (χ0v) is 12.1. The maximum absolute atomic E-state index is 13.5. The molecule has 1 heterocycles. The van der Waals surface area contributed by atoms with Gasteiger partial charge in [0.25, 0.3) is 5.91 Å². The van der Waals surface area contributed by atoms with Gasteiger partial charge in [-0.25, -0.2) is 9.37 Å². The molecule has 1 aromatic heterocycles. The molecular formula is C14H16FN3OS. The third-order valence-corrected chi connectivity index (χ3v) is 3.59. The number of rotatable bonds is 5. The lowest BCUT2D eigenvalue weighted by Crippen LogP contribution is -2.18. The molecule has 1 unspecified atom stereocenters. The second-order valence-electron chi connectivity index (χ2n) is 4.29. The van der Waals surface area contributed by atoms with Crippen LogP contribution in [-0.2, 0) is 0 Å². The lowest BCUT2D eigenvalue weighted by atomic mass is 10.2. The summed E-state index contributed by atoms with van der Waals surface area (Å²) in [6, 6.07) is 6.00. The summed E-state index contributed by atoms with van der Waals surface area (Å²) < 4.78 is 13.5. The monoisotopic (exact) mass is 293 g/mol. The fourth-order valence-corrected chi connectivity index (χ4v) is 2.56. The zero-order chi connectivity index (χ0) is 14.5. The molecule has 2 rings (SSSR count). The Hall–Kier alpha value is -1.79. The standard InChI is InChI=1S/C14H16FN3OS/c1-3-16-9(2)12-8-20-14(17-12)18-13(19)10-6-4-5-7-11(10)15/h4-9,16H,3H2,1-2H3,(H,17,18,19). The molecule has 1 atom stereocenters. The molecule has 6 heteroatoms. The Kier molecular flexibility index (Phi) is 4.81. The second-order valence-corrected chi connectivity index (χ2v) is 5.15. The van der Waals surface area contributed by atoms with E-state index in [2.05, 4.69) is 15.6 Å². The average molecular weight is 293 g/mol. The van der Waals surface area contributed by atoms with Crippen molar-refractivity contribution < 1.29 is 9.18 Å². The van der Waals surface area contributed by atoms with Crippen LogP contribution in [0.5, 0.6) is 0 Å². The van der Waals surface area contributed by atoms with Crippen molar-refractivity contribution >= 4 is 22.4 Å². The maximum Gasteiger partial charge on any atom is 0.260 e. The number of carbonyl (C=O) groups excluding carboxylic acids is 1. The molecule has 2 N–H and O–H groups in total. The third kappa shape index (κ3) is 3.40. The quantitative estimate of drug-likeness (QED) is 0.890. The smallest absolute Gasteiger partial charge is 0.260 e. The molecular weight excluding hydrogens is 277 g/mol. The van der Waals surface area contributed by atoms with Crippen molar-refractivity contribution in [1.29, 1.82) is 0 Å². The summed E-state index contributed by atoms with van der Waals surface area (Å²) in [6.07, 6.45) is 0. The van der Waals surface area contributed by atoms with Gasteiger partial charge in [0.2, 0.25) is 0 Å². The Balaban J connectivity index is 2.07. The van der Waals surface area contributed by atoms with Crippen molar-refractivity contribution in [2.75, 3.05) is 11.9 Å². The summed E-state index contributed by atoms with van der Waals surface area (Å²) in [4.78, 5) is 16.3. The van der Waals surface area contributed by atoms with E-state index in [1.54, 1.807) is 12.1 Å². The Bertz CT molecular complexity index is 600. The largest absolute Gasteiger partial charge is 0.309 e. The molecule has 4 nitrogen and oxygen atoms in total. The molecule has 0 saturated carbocycles. The maximum atomic E-state index is 13.5. The van der Waals surface area contributed by atoms with Crippen molar-refractivity contribution in [1.82, 2.24) is 10.3 Å². The number of anilines is 1. The highest BCUT2D eigenvalue weighted by Crippen LogP contribution is 2.21. The normalized spacial score (nSPS) is 12.2. The number of halogens is 1. The van der Waals surface area contributed by atoms with E-state index in [0.29, 0.717) is 5.13 Å². The average Bonchev–Trinajstić information content (AvgIpc) is 2.88. The van der Waals surface area contributed by atoms with Gasteiger partial charge in [0.15, 0.2) is 5.13 Å². The van der Waals surface area contributed by atoms with Crippen LogP contribution >= 0.6 is 11.3 Å². The molecule has 2 aromatic rings. The number of aromatic nitrogens is 1. The molecule has 20 heavy (non-hydrogen) atoms. The lowest BCUT2D eigenvalue weighted by molar-refractivity contribution is 0.102. The number of hydrogen-bond acceptors (Lipinski definition) is 4. The Morgan fingerprint density at radius 3 is 2.90 bits per heavy atom. The highest BCUT2D eigenvalue weighted by atomic mass is 32.1. The number of thiazole rings is 1. The Labute approximate surface area is 121 Å². The van der Waals surface area contributed by atoms with Crippen LogP contribution in [0.15, 0.2) is 29.6 Å². The SMILES string of the molecule is CCNC(C)c1csc(NC(=O)c2ccccc2F)n1. The first-order chi connectivity index (χ1) is 9.61. The van der Waals surface area contributed by atoms with Gasteiger partial charge in [0.1, 0.15) is 5.82 Å².